The Morgan fingerprint density at radius 2 is 2.50 bits per heavy atom. The molecule has 0 radical (unpaired) electrons. The molecule has 1 aliphatic rings. The number of β-lactam (4-membered cyclic amide) rings is 1. The standard InChI is InChI=1S/C5H7NO4/c7-4-1-3(6-4)2-5(8)10-9/h3,9H,1-2H2,(H,6,7). The molecule has 0 bridgehead atoms. The van der Waals surface area contributed by atoms with E-state index in [1.54, 1.807) is 0 Å². The maximum atomic E-state index is 10.3. The summed E-state index contributed by atoms with van der Waals surface area (Å²) in [5.74, 6) is -0.791. The maximum Gasteiger partial charge on any atom is 0.344 e. The van der Waals surface area contributed by atoms with Crippen LogP contribution in [-0.2, 0) is 14.5 Å². The Labute approximate surface area is 56.9 Å². The summed E-state index contributed by atoms with van der Waals surface area (Å²) in [6.45, 7) is 0. The van der Waals surface area contributed by atoms with Crippen LogP contribution in [0.4, 0.5) is 0 Å². The number of rotatable bonds is 2. The van der Waals surface area contributed by atoms with E-state index < -0.39 is 5.97 Å². The Bertz CT molecular complexity index is 159. The lowest BCUT2D eigenvalue weighted by molar-refractivity contribution is -0.235. The average molecular weight is 145 g/mol. The second-order valence-corrected chi connectivity index (χ2v) is 2.14. The monoisotopic (exact) mass is 145 g/mol. The lowest BCUT2D eigenvalue weighted by Crippen LogP contribution is -2.49. The predicted octanol–water partition coefficient (Wildman–Crippen LogP) is -0.719. The molecular weight excluding hydrogens is 138 g/mol. The van der Waals surface area contributed by atoms with Gasteiger partial charge in [0.2, 0.25) is 5.91 Å². The molecule has 1 rings (SSSR count). The zero-order chi connectivity index (χ0) is 7.56. The summed E-state index contributed by atoms with van der Waals surface area (Å²) in [5.41, 5.74) is 0. The molecule has 1 heterocycles. The van der Waals surface area contributed by atoms with E-state index in [9.17, 15) is 9.59 Å². The van der Waals surface area contributed by atoms with Crippen molar-refractivity contribution >= 4 is 11.9 Å². The quantitative estimate of drug-likeness (QED) is 0.305. The summed E-state index contributed by atoms with van der Waals surface area (Å²) in [6, 6.07) is -0.146. The van der Waals surface area contributed by atoms with Crippen molar-refractivity contribution in [1.82, 2.24) is 5.32 Å². The molecule has 1 aliphatic heterocycles. The van der Waals surface area contributed by atoms with Crippen LogP contribution in [0.25, 0.3) is 0 Å². The number of hydrogen-bond acceptors (Lipinski definition) is 4. The van der Waals surface area contributed by atoms with E-state index in [0.29, 0.717) is 6.42 Å². The summed E-state index contributed by atoms with van der Waals surface area (Å²) < 4.78 is 0. The van der Waals surface area contributed by atoms with Gasteiger partial charge in [0.15, 0.2) is 0 Å². The highest BCUT2D eigenvalue weighted by Crippen LogP contribution is 2.08. The van der Waals surface area contributed by atoms with Gasteiger partial charge in [-0.3, -0.25) is 4.79 Å². The summed E-state index contributed by atoms with van der Waals surface area (Å²) in [5, 5.41) is 10.3. The van der Waals surface area contributed by atoms with Crippen molar-refractivity contribution in [2.45, 2.75) is 18.9 Å². The minimum Gasteiger partial charge on any atom is -0.352 e. The molecule has 0 aromatic carbocycles. The molecule has 1 saturated heterocycles. The summed E-state index contributed by atoms with van der Waals surface area (Å²) in [4.78, 5) is 24.0. The molecule has 2 N–H and O–H groups in total. The van der Waals surface area contributed by atoms with Crippen molar-refractivity contribution in [2.24, 2.45) is 0 Å². The Balaban J connectivity index is 2.16. The first-order chi connectivity index (χ1) is 4.72. The van der Waals surface area contributed by atoms with Crippen molar-refractivity contribution in [3.63, 3.8) is 0 Å². The molecule has 5 heteroatoms. The van der Waals surface area contributed by atoms with Gasteiger partial charge in [-0.2, -0.15) is 5.26 Å². The molecule has 10 heavy (non-hydrogen) atoms. The third-order valence-corrected chi connectivity index (χ3v) is 1.31. The highest BCUT2D eigenvalue weighted by atomic mass is 17.1. The van der Waals surface area contributed by atoms with Gasteiger partial charge >= 0.3 is 5.97 Å². The minimum absolute atomic E-state index is 0.0439. The highest BCUT2D eigenvalue weighted by Gasteiger charge is 2.27. The lowest BCUT2D eigenvalue weighted by atomic mass is 10.0. The predicted molar refractivity (Wildman–Crippen MR) is 29.9 cm³/mol. The molecule has 1 fully saturated rings. The Morgan fingerprint density at radius 1 is 1.90 bits per heavy atom. The molecule has 0 aromatic heterocycles. The van der Waals surface area contributed by atoms with E-state index in [1.165, 1.54) is 0 Å². The minimum atomic E-state index is -0.718. The van der Waals surface area contributed by atoms with Crippen molar-refractivity contribution in [1.29, 1.82) is 0 Å². The van der Waals surface area contributed by atoms with Gasteiger partial charge in [0.05, 0.1) is 6.42 Å². The van der Waals surface area contributed by atoms with Crippen LogP contribution in [0.1, 0.15) is 12.8 Å². The third-order valence-electron chi connectivity index (χ3n) is 1.31. The summed E-state index contributed by atoms with van der Waals surface area (Å²) >= 11 is 0. The molecule has 1 atom stereocenters. The SMILES string of the molecule is O=C1CC(CC(=O)OO)N1. The zero-order valence-corrected chi connectivity index (χ0v) is 5.16. The van der Waals surface area contributed by atoms with Gasteiger partial charge in [0.1, 0.15) is 0 Å². The smallest absolute Gasteiger partial charge is 0.344 e. The van der Waals surface area contributed by atoms with Crippen molar-refractivity contribution in [2.75, 3.05) is 0 Å². The number of hydrogen-bond donors (Lipinski definition) is 2. The first-order valence-corrected chi connectivity index (χ1v) is 2.86. The molecule has 5 nitrogen and oxygen atoms in total. The van der Waals surface area contributed by atoms with Crippen LogP contribution in [0.5, 0.6) is 0 Å². The maximum absolute atomic E-state index is 10.3. The van der Waals surface area contributed by atoms with E-state index in [-0.39, 0.29) is 18.4 Å². The fourth-order valence-corrected chi connectivity index (χ4v) is 0.792. The topological polar surface area (TPSA) is 75.6 Å². The van der Waals surface area contributed by atoms with Gasteiger partial charge in [-0.25, -0.2) is 4.79 Å². The van der Waals surface area contributed by atoms with Crippen LogP contribution >= 0.6 is 0 Å². The molecule has 0 aromatic rings. The van der Waals surface area contributed by atoms with E-state index in [0.717, 1.165) is 0 Å². The number of amides is 1. The van der Waals surface area contributed by atoms with Gasteiger partial charge in [-0.15, -0.1) is 0 Å². The van der Waals surface area contributed by atoms with Crippen LogP contribution in [-0.4, -0.2) is 23.2 Å². The summed E-state index contributed by atoms with van der Waals surface area (Å²) in [6.07, 6.45) is 0.386. The van der Waals surface area contributed by atoms with E-state index in [1.807, 2.05) is 0 Å². The molecule has 1 amide bonds. The Kier molecular flexibility index (Phi) is 1.86. The van der Waals surface area contributed by atoms with Gasteiger partial charge < -0.3 is 10.2 Å². The molecule has 0 aliphatic carbocycles. The second kappa shape index (κ2) is 2.66. The molecule has 1 unspecified atom stereocenters. The Hall–Kier alpha value is -1.10. The average Bonchev–Trinajstić information content (AvgIpc) is 1.84. The first-order valence-electron chi connectivity index (χ1n) is 2.86. The van der Waals surface area contributed by atoms with Crippen molar-refractivity contribution < 1.29 is 19.7 Å². The number of nitrogens with one attached hydrogen (secondary N) is 1. The zero-order valence-electron chi connectivity index (χ0n) is 5.16. The number of carbonyl (C=O) groups is 2. The van der Waals surface area contributed by atoms with Gasteiger partial charge in [0, 0.05) is 12.5 Å². The van der Waals surface area contributed by atoms with Gasteiger partial charge in [0.25, 0.3) is 0 Å². The molecular formula is C5H7NO4. The third kappa shape index (κ3) is 1.44. The van der Waals surface area contributed by atoms with E-state index >= 15 is 0 Å². The lowest BCUT2D eigenvalue weighted by Gasteiger charge is -2.24. The van der Waals surface area contributed by atoms with Crippen LogP contribution in [0, 0.1) is 0 Å². The Morgan fingerprint density at radius 3 is 2.90 bits per heavy atom. The fourth-order valence-electron chi connectivity index (χ4n) is 0.792. The highest BCUT2D eigenvalue weighted by molar-refractivity contribution is 5.84. The largest absolute Gasteiger partial charge is 0.352 e. The van der Waals surface area contributed by atoms with Crippen LogP contribution in [0.15, 0.2) is 0 Å². The summed E-state index contributed by atoms with van der Waals surface area (Å²) in [7, 11) is 0. The van der Waals surface area contributed by atoms with E-state index in [4.69, 9.17) is 5.26 Å². The van der Waals surface area contributed by atoms with Crippen LogP contribution < -0.4 is 5.32 Å². The van der Waals surface area contributed by atoms with Gasteiger partial charge in [-0.05, 0) is 0 Å². The van der Waals surface area contributed by atoms with Crippen LogP contribution in [0.3, 0.4) is 0 Å². The van der Waals surface area contributed by atoms with Crippen molar-refractivity contribution in [3.05, 3.63) is 0 Å². The van der Waals surface area contributed by atoms with Crippen molar-refractivity contribution in [3.8, 4) is 0 Å². The molecule has 0 spiro atoms. The van der Waals surface area contributed by atoms with Crippen LogP contribution in [0.2, 0.25) is 0 Å². The molecule has 0 saturated carbocycles. The normalized spacial score (nSPS) is 22.9. The van der Waals surface area contributed by atoms with E-state index in [2.05, 4.69) is 10.2 Å². The van der Waals surface area contributed by atoms with Gasteiger partial charge in [-0.1, -0.05) is 0 Å². The fraction of sp³-hybridized carbons (Fsp3) is 0.600. The second-order valence-electron chi connectivity index (χ2n) is 2.14. The first kappa shape index (κ1) is 7.01. The molecule has 56 valence electrons. The number of carbonyl (C=O) groups excluding carboxylic acids is 2.